The second-order valence-electron chi connectivity index (χ2n) is 9.41. The van der Waals surface area contributed by atoms with Crippen LogP contribution in [0.25, 0.3) is 0 Å². The van der Waals surface area contributed by atoms with E-state index in [4.69, 9.17) is 9.84 Å². The van der Waals surface area contributed by atoms with Crippen LogP contribution in [-0.4, -0.2) is 45.2 Å². The summed E-state index contributed by atoms with van der Waals surface area (Å²) in [5.41, 5.74) is 1.07. The molecule has 6 heteroatoms. The van der Waals surface area contributed by atoms with E-state index in [9.17, 15) is 9.59 Å². The van der Waals surface area contributed by atoms with Gasteiger partial charge in [0.15, 0.2) is 6.79 Å². The molecule has 216 valence electrons. The van der Waals surface area contributed by atoms with E-state index in [2.05, 4.69) is 60.6 Å². The average Bonchev–Trinajstić information content (AvgIpc) is 2.90. The van der Waals surface area contributed by atoms with Crippen molar-refractivity contribution >= 4 is 11.9 Å². The van der Waals surface area contributed by atoms with Gasteiger partial charge in [0.25, 0.3) is 0 Å². The highest BCUT2D eigenvalue weighted by molar-refractivity contribution is 5.76. The number of benzene rings is 1. The number of rotatable bonds is 8. The highest BCUT2D eigenvalue weighted by atomic mass is 16.7. The van der Waals surface area contributed by atoms with Crippen LogP contribution in [0.3, 0.4) is 0 Å². The Morgan fingerprint density at radius 3 is 1.42 bits per heavy atom. The lowest BCUT2D eigenvalue weighted by molar-refractivity contribution is -0.164. The Balaban J connectivity index is -0.000000123. The van der Waals surface area contributed by atoms with Crippen molar-refractivity contribution in [3.05, 3.63) is 35.9 Å². The fraction of sp³-hybridized carbons (Fsp3) is 0.733. The lowest BCUT2D eigenvalue weighted by Crippen LogP contribution is -2.26. The van der Waals surface area contributed by atoms with E-state index in [1.165, 1.54) is 26.2 Å². The minimum Gasteiger partial charge on any atom is -0.469 e. The van der Waals surface area contributed by atoms with Crippen LogP contribution in [0.5, 0.6) is 0 Å². The third-order valence-electron chi connectivity index (χ3n) is 5.81. The summed E-state index contributed by atoms with van der Waals surface area (Å²) >= 11 is 0. The smallest absolute Gasteiger partial charge is 0.313 e. The minimum absolute atomic E-state index is 0. The molecule has 0 radical (unpaired) electrons. The SMILES string of the molecule is C.CC.CCC(C)(C)C(=O)OC.CCC(C)(C)C(=O)OCOC.CCC(C)(C)c1ccccc1.CO. The van der Waals surface area contributed by atoms with Gasteiger partial charge >= 0.3 is 11.9 Å². The molecule has 0 aliphatic carbocycles. The molecule has 1 rings (SSSR count). The fourth-order valence-corrected chi connectivity index (χ4v) is 1.97. The van der Waals surface area contributed by atoms with Crippen LogP contribution < -0.4 is 0 Å². The summed E-state index contributed by atoms with van der Waals surface area (Å²) in [5.74, 6) is -0.341. The summed E-state index contributed by atoms with van der Waals surface area (Å²) in [5, 5.41) is 7.00. The number of ether oxygens (including phenoxy) is 3. The summed E-state index contributed by atoms with van der Waals surface area (Å²) < 4.78 is 14.0. The normalized spacial score (nSPS) is 10.1. The zero-order valence-electron chi connectivity index (χ0n) is 25.2. The first-order valence-electron chi connectivity index (χ1n) is 12.5. The Morgan fingerprint density at radius 1 is 0.750 bits per heavy atom. The maximum absolute atomic E-state index is 11.2. The van der Waals surface area contributed by atoms with Crippen molar-refractivity contribution in [3.63, 3.8) is 0 Å². The molecule has 0 fully saturated rings. The molecule has 1 aromatic carbocycles. The predicted octanol–water partition coefficient (Wildman–Crippen LogP) is 7.81. The quantitative estimate of drug-likeness (QED) is 0.280. The minimum atomic E-state index is -0.390. The molecule has 0 spiro atoms. The second kappa shape index (κ2) is 24.8. The molecule has 0 amide bonds. The van der Waals surface area contributed by atoms with Gasteiger partial charge < -0.3 is 19.3 Å². The first kappa shape index (κ1) is 44.1. The summed E-state index contributed by atoms with van der Waals surface area (Å²) in [6, 6.07) is 10.7. The molecular weight excluding hydrogens is 456 g/mol. The summed E-state index contributed by atoms with van der Waals surface area (Å²) in [6.45, 7) is 22.2. The van der Waals surface area contributed by atoms with Crippen molar-refractivity contribution in [2.45, 2.75) is 108 Å². The monoisotopic (exact) mass is 516 g/mol. The van der Waals surface area contributed by atoms with Gasteiger partial charge in [0.05, 0.1) is 17.9 Å². The van der Waals surface area contributed by atoms with Crippen molar-refractivity contribution in [2.24, 2.45) is 10.8 Å². The Hall–Kier alpha value is -1.92. The van der Waals surface area contributed by atoms with Crippen molar-refractivity contribution in [1.29, 1.82) is 0 Å². The van der Waals surface area contributed by atoms with E-state index in [-0.39, 0.29) is 31.6 Å². The third kappa shape index (κ3) is 20.3. The fourth-order valence-electron chi connectivity index (χ4n) is 1.97. The molecule has 1 aromatic rings. The topological polar surface area (TPSA) is 82.1 Å². The van der Waals surface area contributed by atoms with Crippen LogP contribution in [-0.2, 0) is 29.2 Å². The lowest BCUT2D eigenvalue weighted by atomic mass is 9.82. The number of carbonyl (C=O) groups is 2. The summed E-state index contributed by atoms with van der Waals surface area (Å²) in [7, 11) is 3.91. The maximum Gasteiger partial charge on any atom is 0.313 e. The van der Waals surface area contributed by atoms with Gasteiger partial charge in [-0.25, -0.2) is 0 Å². The summed E-state index contributed by atoms with van der Waals surface area (Å²) in [4.78, 5) is 22.0. The zero-order chi connectivity index (χ0) is 28.7. The molecule has 0 saturated carbocycles. The first-order valence-corrected chi connectivity index (χ1v) is 12.5. The van der Waals surface area contributed by atoms with Crippen molar-refractivity contribution < 1.29 is 28.9 Å². The molecule has 0 saturated heterocycles. The summed E-state index contributed by atoms with van der Waals surface area (Å²) in [6.07, 6.45) is 2.78. The van der Waals surface area contributed by atoms with E-state index in [0.717, 1.165) is 20.0 Å². The zero-order valence-corrected chi connectivity index (χ0v) is 25.2. The largest absolute Gasteiger partial charge is 0.469 e. The van der Waals surface area contributed by atoms with E-state index in [1.807, 2.05) is 55.4 Å². The third-order valence-corrected chi connectivity index (χ3v) is 5.81. The van der Waals surface area contributed by atoms with E-state index in [1.54, 1.807) is 0 Å². The molecule has 1 N–H and O–H groups in total. The number of hydrogen-bond donors (Lipinski definition) is 1. The number of methoxy groups -OCH3 is 2. The van der Waals surface area contributed by atoms with Crippen LogP contribution >= 0.6 is 0 Å². The first-order chi connectivity index (χ1) is 16.2. The van der Waals surface area contributed by atoms with Crippen LogP contribution in [0.2, 0.25) is 0 Å². The average molecular weight is 517 g/mol. The van der Waals surface area contributed by atoms with Crippen LogP contribution in [0.15, 0.2) is 30.3 Å². The van der Waals surface area contributed by atoms with Gasteiger partial charge in [-0.15, -0.1) is 0 Å². The molecular formula is C30H60O6. The van der Waals surface area contributed by atoms with Gasteiger partial charge in [-0.1, -0.05) is 86.2 Å². The Bertz CT molecular complexity index is 622. The van der Waals surface area contributed by atoms with Gasteiger partial charge in [-0.2, -0.15) is 0 Å². The Labute approximate surface area is 224 Å². The van der Waals surface area contributed by atoms with Crippen molar-refractivity contribution in [1.82, 2.24) is 0 Å². The maximum atomic E-state index is 11.2. The Morgan fingerprint density at radius 2 is 1.14 bits per heavy atom. The molecule has 36 heavy (non-hydrogen) atoms. The van der Waals surface area contributed by atoms with Gasteiger partial charge in [0, 0.05) is 14.2 Å². The molecule has 0 bridgehead atoms. The molecule has 0 atom stereocenters. The van der Waals surface area contributed by atoms with Crippen LogP contribution in [0, 0.1) is 10.8 Å². The molecule has 0 aliphatic heterocycles. The number of hydrogen-bond acceptors (Lipinski definition) is 6. The van der Waals surface area contributed by atoms with Crippen LogP contribution in [0.4, 0.5) is 0 Å². The van der Waals surface area contributed by atoms with Crippen molar-refractivity contribution in [3.8, 4) is 0 Å². The molecule has 6 nitrogen and oxygen atoms in total. The number of aliphatic hydroxyl groups excluding tert-OH is 1. The van der Waals surface area contributed by atoms with E-state index >= 15 is 0 Å². The second-order valence-corrected chi connectivity index (χ2v) is 9.41. The van der Waals surface area contributed by atoms with E-state index in [0.29, 0.717) is 5.41 Å². The van der Waals surface area contributed by atoms with E-state index < -0.39 is 5.41 Å². The molecule has 0 aromatic heterocycles. The number of esters is 2. The van der Waals surface area contributed by atoms with Gasteiger partial charge in [0.1, 0.15) is 0 Å². The van der Waals surface area contributed by atoms with Crippen molar-refractivity contribution in [2.75, 3.05) is 28.1 Å². The van der Waals surface area contributed by atoms with Gasteiger partial charge in [0.2, 0.25) is 0 Å². The standard InChI is InChI=1S/C11H16.C8H16O3.C7H14O2.C2H6.CH4O.CH4/c1-4-11(2,3)10-8-6-5-7-9-10;1-5-8(2,3)7(9)11-6-10-4;1-5-7(2,3)6(8)9-4;2*1-2;/h5-9H,4H2,1-3H3;5-6H2,1-4H3;5H2,1-4H3;1-2H3;2H,1H3;1H4. The lowest BCUT2D eigenvalue weighted by Gasteiger charge is -2.22. The predicted molar refractivity (Wildman–Crippen MR) is 154 cm³/mol. The Kier molecular flexibility index (Phi) is 30.3. The molecule has 0 unspecified atom stereocenters. The molecule has 0 heterocycles. The van der Waals surface area contributed by atoms with Crippen LogP contribution in [0.1, 0.15) is 108 Å². The van der Waals surface area contributed by atoms with Gasteiger partial charge in [-0.3, -0.25) is 9.59 Å². The van der Waals surface area contributed by atoms with Gasteiger partial charge in [-0.05, 0) is 57.9 Å². The number of aliphatic hydroxyl groups is 1. The highest BCUT2D eigenvalue weighted by Gasteiger charge is 2.27. The molecule has 0 aliphatic rings. The highest BCUT2D eigenvalue weighted by Crippen LogP contribution is 2.25. The number of carbonyl (C=O) groups excluding carboxylic acids is 2.